The molecule has 4 rings (SSSR count). The van der Waals surface area contributed by atoms with Gasteiger partial charge in [0.25, 0.3) is 0 Å². The number of fused-ring (bicyclic) bond motifs is 2. The SMILES string of the molecule is COCCOC[C@@](C)(O)c1ncc(S(N)(=O)=NC(=O)Nc2c3c(cc4c2CCC4)CCC3)s1. The van der Waals surface area contributed by atoms with E-state index in [2.05, 4.69) is 20.7 Å². The van der Waals surface area contributed by atoms with Crippen molar-refractivity contribution in [1.82, 2.24) is 4.98 Å². The average Bonchev–Trinajstić information content (AvgIpc) is 3.50. The number of amides is 2. The monoisotopic (exact) mass is 494 g/mol. The number of aryl methyl sites for hydroxylation is 2. The van der Waals surface area contributed by atoms with Gasteiger partial charge in [-0.3, -0.25) is 0 Å². The lowest BCUT2D eigenvalue weighted by molar-refractivity contribution is -0.0479. The molecule has 1 unspecified atom stereocenters. The molecule has 11 heteroatoms. The van der Waals surface area contributed by atoms with Crippen LogP contribution in [0.3, 0.4) is 0 Å². The van der Waals surface area contributed by atoms with Crippen molar-refractivity contribution in [2.24, 2.45) is 9.50 Å². The van der Waals surface area contributed by atoms with E-state index in [1.54, 1.807) is 14.0 Å². The fraction of sp³-hybridized carbons (Fsp3) is 0.545. The highest BCUT2D eigenvalue weighted by Gasteiger charge is 2.29. The zero-order valence-corrected chi connectivity index (χ0v) is 20.5. The van der Waals surface area contributed by atoms with Crippen molar-refractivity contribution in [3.63, 3.8) is 0 Å². The van der Waals surface area contributed by atoms with Crippen LogP contribution in [0.15, 0.2) is 20.8 Å². The molecule has 2 amide bonds. The van der Waals surface area contributed by atoms with Crippen LogP contribution >= 0.6 is 11.3 Å². The van der Waals surface area contributed by atoms with Crippen LogP contribution in [0, 0.1) is 0 Å². The molecule has 4 N–H and O–H groups in total. The van der Waals surface area contributed by atoms with Gasteiger partial charge in [-0.15, -0.1) is 15.7 Å². The maximum absolute atomic E-state index is 13.1. The van der Waals surface area contributed by atoms with Gasteiger partial charge in [-0.25, -0.2) is 19.1 Å². The van der Waals surface area contributed by atoms with Crippen LogP contribution in [0.2, 0.25) is 0 Å². The number of hydrogen-bond acceptors (Lipinski definition) is 7. The first-order valence-corrected chi connectivity index (χ1v) is 13.4. The van der Waals surface area contributed by atoms with E-state index in [9.17, 15) is 14.1 Å². The summed E-state index contributed by atoms with van der Waals surface area (Å²) in [5, 5.41) is 19.8. The molecule has 2 aliphatic rings. The van der Waals surface area contributed by atoms with Gasteiger partial charge in [-0.05, 0) is 67.7 Å². The van der Waals surface area contributed by atoms with E-state index in [0.717, 1.165) is 66.7 Å². The minimum atomic E-state index is -3.53. The third-order valence-corrected chi connectivity index (χ3v) is 9.10. The number of nitrogens with zero attached hydrogens (tertiary/aromatic N) is 2. The van der Waals surface area contributed by atoms with Crippen molar-refractivity contribution < 1.29 is 23.6 Å². The fourth-order valence-electron chi connectivity index (χ4n) is 4.38. The number of nitrogens with two attached hydrogens (primary N) is 1. The zero-order chi connectivity index (χ0) is 23.6. The molecule has 0 saturated carbocycles. The number of urea groups is 1. The van der Waals surface area contributed by atoms with Crippen LogP contribution in [-0.4, -0.2) is 47.3 Å². The molecular weight excluding hydrogens is 464 g/mol. The third kappa shape index (κ3) is 5.28. The van der Waals surface area contributed by atoms with Gasteiger partial charge in [0.1, 0.15) is 14.8 Å². The van der Waals surface area contributed by atoms with Crippen molar-refractivity contribution in [1.29, 1.82) is 0 Å². The lowest BCUT2D eigenvalue weighted by atomic mass is 9.99. The molecule has 0 saturated heterocycles. The van der Waals surface area contributed by atoms with E-state index in [0.29, 0.717) is 13.2 Å². The largest absolute Gasteiger partial charge is 0.382 e. The van der Waals surface area contributed by atoms with Crippen molar-refractivity contribution in [2.45, 2.75) is 55.3 Å². The Balaban J connectivity index is 1.52. The van der Waals surface area contributed by atoms with Crippen molar-refractivity contribution >= 4 is 33.0 Å². The highest BCUT2D eigenvalue weighted by atomic mass is 32.2. The Bertz CT molecular complexity index is 1140. The number of rotatable bonds is 8. The van der Waals surface area contributed by atoms with Crippen LogP contribution in [-0.2, 0) is 50.7 Å². The molecule has 9 nitrogen and oxygen atoms in total. The zero-order valence-electron chi connectivity index (χ0n) is 18.9. The van der Waals surface area contributed by atoms with Crippen LogP contribution in [0.4, 0.5) is 10.5 Å². The topological polar surface area (TPSA) is 136 Å². The maximum atomic E-state index is 13.1. The number of carbonyl (C=O) groups is 1. The summed E-state index contributed by atoms with van der Waals surface area (Å²) in [5.74, 6) is 0. The summed E-state index contributed by atoms with van der Waals surface area (Å²) in [5.41, 5.74) is 4.30. The second kappa shape index (κ2) is 9.77. The molecule has 1 heterocycles. The summed E-state index contributed by atoms with van der Waals surface area (Å²) < 4.78 is 27.3. The van der Waals surface area contributed by atoms with E-state index in [4.69, 9.17) is 14.6 Å². The molecule has 0 spiro atoms. The second-order valence-corrected chi connectivity index (χ2v) is 11.7. The Morgan fingerprint density at radius 3 is 2.58 bits per heavy atom. The Labute approximate surface area is 198 Å². The van der Waals surface area contributed by atoms with Gasteiger partial charge in [0, 0.05) is 12.8 Å². The van der Waals surface area contributed by atoms with E-state index in [-0.39, 0.29) is 15.8 Å². The highest BCUT2D eigenvalue weighted by molar-refractivity contribution is 7.93. The summed E-state index contributed by atoms with van der Waals surface area (Å²) in [6, 6.07) is 1.54. The number of thiazole rings is 1. The Kier molecular flexibility index (Phi) is 7.18. The lowest BCUT2D eigenvalue weighted by Crippen LogP contribution is -2.28. The van der Waals surface area contributed by atoms with Crippen molar-refractivity contribution in [2.75, 3.05) is 32.2 Å². The van der Waals surface area contributed by atoms with E-state index in [1.165, 1.54) is 17.3 Å². The van der Waals surface area contributed by atoms with E-state index >= 15 is 0 Å². The normalized spacial score (nSPS) is 18.3. The Morgan fingerprint density at radius 1 is 1.27 bits per heavy atom. The summed E-state index contributed by atoms with van der Waals surface area (Å²) in [4.78, 5) is 16.9. The van der Waals surface area contributed by atoms with E-state index in [1.807, 2.05) is 0 Å². The molecule has 2 aliphatic carbocycles. The van der Waals surface area contributed by atoms with Crippen LogP contribution in [0.1, 0.15) is 47.0 Å². The molecule has 33 heavy (non-hydrogen) atoms. The first kappa shape index (κ1) is 24.2. The number of anilines is 1. The molecule has 180 valence electrons. The van der Waals surface area contributed by atoms with E-state index < -0.39 is 21.5 Å². The first-order valence-electron chi connectivity index (χ1n) is 11.0. The van der Waals surface area contributed by atoms with Gasteiger partial charge in [-0.1, -0.05) is 6.07 Å². The molecule has 2 atom stereocenters. The van der Waals surface area contributed by atoms with Crippen molar-refractivity contribution in [3.8, 4) is 0 Å². The number of nitrogens with one attached hydrogen (secondary N) is 1. The number of hydrogen-bond donors (Lipinski definition) is 3. The molecule has 2 aromatic rings. The maximum Gasteiger partial charge on any atom is 0.354 e. The summed E-state index contributed by atoms with van der Waals surface area (Å²) in [7, 11) is -1.97. The second-order valence-electron chi connectivity index (χ2n) is 8.63. The van der Waals surface area contributed by atoms with Gasteiger partial charge in [0.2, 0.25) is 0 Å². The summed E-state index contributed by atoms with van der Waals surface area (Å²) >= 11 is 0.952. The van der Waals surface area contributed by atoms with Gasteiger partial charge in [-0.2, -0.15) is 0 Å². The van der Waals surface area contributed by atoms with Crippen LogP contribution in [0.25, 0.3) is 0 Å². The van der Waals surface area contributed by atoms with Gasteiger partial charge in [0.05, 0.1) is 26.0 Å². The molecule has 0 radical (unpaired) electrons. The molecule has 1 aromatic heterocycles. The third-order valence-electron chi connectivity index (χ3n) is 5.97. The number of carbonyl (C=O) groups excluding carboxylic acids is 1. The molecular formula is C22H30N4O5S2. The lowest BCUT2D eigenvalue weighted by Gasteiger charge is -2.20. The quantitative estimate of drug-likeness (QED) is 0.483. The molecule has 1 aromatic carbocycles. The number of aromatic nitrogens is 1. The predicted molar refractivity (Wildman–Crippen MR) is 127 cm³/mol. The number of aliphatic hydroxyl groups is 1. The van der Waals surface area contributed by atoms with Gasteiger partial charge in [0.15, 0.2) is 9.92 Å². The van der Waals surface area contributed by atoms with Crippen LogP contribution in [0.5, 0.6) is 0 Å². The van der Waals surface area contributed by atoms with Crippen molar-refractivity contribution in [3.05, 3.63) is 39.5 Å². The van der Waals surface area contributed by atoms with Gasteiger partial charge < -0.3 is 19.9 Å². The minimum absolute atomic E-state index is 0.0169. The van der Waals surface area contributed by atoms with Crippen LogP contribution < -0.4 is 10.5 Å². The number of ether oxygens (including phenoxy) is 2. The average molecular weight is 495 g/mol. The first-order chi connectivity index (χ1) is 15.7. The molecule has 0 aliphatic heterocycles. The predicted octanol–water partition coefficient (Wildman–Crippen LogP) is 2.92. The molecule has 0 bridgehead atoms. The number of benzene rings is 1. The summed E-state index contributed by atoms with van der Waals surface area (Å²) in [6.45, 7) is 2.25. The highest BCUT2D eigenvalue weighted by Crippen LogP contribution is 2.38. The fourth-order valence-corrected chi connectivity index (χ4v) is 6.48. The van der Waals surface area contributed by atoms with Gasteiger partial charge >= 0.3 is 6.03 Å². The Morgan fingerprint density at radius 2 is 1.94 bits per heavy atom. The Hall–Kier alpha value is -1.89. The number of methoxy groups -OCH3 is 1. The summed E-state index contributed by atoms with van der Waals surface area (Å²) in [6.07, 6.45) is 7.26. The smallest absolute Gasteiger partial charge is 0.354 e. The minimum Gasteiger partial charge on any atom is -0.382 e. The molecule has 0 fully saturated rings. The standard InChI is InChI=1S/C22H30N4O5S2/c1-22(28,13-31-10-9-30-2)20-24-12-18(32-20)33(23,29)26-21(27)25-19-16-7-3-5-14(16)11-15-6-4-8-17(15)19/h11-12,28H,3-10,13H2,1-2H3,(H3,23,25,26,27,29)/t22-,33?/m1/s1.